The van der Waals surface area contributed by atoms with E-state index >= 15 is 0 Å². The molecule has 0 spiro atoms. The van der Waals surface area contributed by atoms with Crippen molar-refractivity contribution < 1.29 is 23.5 Å². The zero-order valence-corrected chi connectivity index (χ0v) is 15.1. The standard InChI is InChI=1S/C17H19BF2N4O4/c1-18(25)23-7-4-12(5-8-23)28-16-13(19)9-11(10-14(16)20)22-17-15(24(26)27)3-2-6-21-17/h2-3,6,9-10,12,25H,4-5,7-8H2,1H3,(H,21,22). The number of anilines is 2. The molecule has 1 aliphatic rings. The van der Waals surface area contributed by atoms with Crippen LogP contribution in [0.15, 0.2) is 30.5 Å². The van der Waals surface area contributed by atoms with Crippen molar-refractivity contribution in [2.45, 2.75) is 25.8 Å². The summed E-state index contributed by atoms with van der Waals surface area (Å²) in [5, 5.41) is 23.1. The summed E-state index contributed by atoms with van der Waals surface area (Å²) in [6, 6.07) is 4.63. The predicted molar refractivity (Wildman–Crippen MR) is 99.6 cm³/mol. The van der Waals surface area contributed by atoms with Crippen molar-refractivity contribution in [1.29, 1.82) is 0 Å². The Morgan fingerprint density at radius 2 is 2.00 bits per heavy atom. The van der Waals surface area contributed by atoms with E-state index < -0.39 is 29.4 Å². The second-order valence-electron chi connectivity index (χ2n) is 6.51. The summed E-state index contributed by atoms with van der Waals surface area (Å²) in [7, 11) is -0.574. The van der Waals surface area contributed by atoms with Crippen LogP contribution in [0.1, 0.15) is 12.8 Å². The lowest BCUT2D eigenvalue weighted by Crippen LogP contribution is -2.45. The van der Waals surface area contributed by atoms with Gasteiger partial charge >= 0.3 is 12.7 Å². The molecule has 0 amide bonds. The molecule has 1 aliphatic heterocycles. The van der Waals surface area contributed by atoms with Gasteiger partial charge in [0.2, 0.25) is 5.82 Å². The van der Waals surface area contributed by atoms with E-state index in [1.54, 1.807) is 6.82 Å². The van der Waals surface area contributed by atoms with E-state index in [0.29, 0.717) is 25.9 Å². The Kier molecular flexibility index (Phi) is 6.05. The third-order valence-corrected chi connectivity index (χ3v) is 4.53. The Morgan fingerprint density at radius 3 is 2.57 bits per heavy atom. The van der Waals surface area contributed by atoms with E-state index in [2.05, 4.69) is 10.3 Å². The Bertz CT molecular complexity index is 840. The van der Waals surface area contributed by atoms with Crippen LogP contribution in [-0.4, -0.2) is 46.0 Å². The van der Waals surface area contributed by atoms with Crippen molar-refractivity contribution in [2.24, 2.45) is 0 Å². The summed E-state index contributed by atoms with van der Waals surface area (Å²) in [5.41, 5.74) is -0.332. The van der Waals surface area contributed by atoms with Crippen molar-refractivity contribution in [3.63, 3.8) is 0 Å². The van der Waals surface area contributed by atoms with E-state index in [1.807, 2.05) is 4.81 Å². The number of pyridine rings is 1. The number of halogens is 2. The lowest BCUT2D eigenvalue weighted by Gasteiger charge is -2.32. The van der Waals surface area contributed by atoms with Gasteiger partial charge in [-0.1, -0.05) is 0 Å². The van der Waals surface area contributed by atoms with Crippen LogP contribution in [0, 0.1) is 21.7 Å². The van der Waals surface area contributed by atoms with Crippen molar-refractivity contribution in [3.05, 3.63) is 52.2 Å². The van der Waals surface area contributed by atoms with Crippen LogP contribution in [-0.2, 0) is 0 Å². The maximum absolute atomic E-state index is 14.4. The van der Waals surface area contributed by atoms with Gasteiger partial charge in [-0.25, -0.2) is 13.8 Å². The summed E-state index contributed by atoms with van der Waals surface area (Å²) >= 11 is 0. The molecule has 1 saturated heterocycles. The first-order valence-corrected chi connectivity index (χ1v) is 8.79. The highest BCUT2D eigenvalue weighted by Gasteiger charge is 2.27. The average molecular weight is 392 g/mol. The number of nitrogens with one attached hydrogen (secondary N) is 1. The maximum Gasteiger partial charge on any atom is 0.376 e. The maximum atomic E-state index is 14.4. The summed E-state index contributed by atoms with van der Waals surface area (Å²) in [4.78, 5) is 16.1. The molecule has 8 nitrogen and oxygen atoms in total. The number of nitro groups is 1. The van der Waals surface area contributed by atoms with Gasteiger partial charge in [0.05, 0.1) is 4.92 Å². The molecule has 0 unspecified atom stereocenters. The van der Waals surface area contributed by atoms with Gasteiger partial charge in [0.25, 0.3) is 0 Å². The van der Waals surface area contributed by atoms with Crippen LogP contribution >= 0.6 is 0 Å². The van der Waals surface area contributed by atoms with E-state index in [4.69, 9.17) is 4.74 Å². The van der Waals surface area contributed by atoms with Crippen LogP contribution in [0.25, 0.3) is 0 Å². The minimum atomic E-state index is -0.918. The highest BCUT2D eigenvalue weighted by atomic mass is 19.1. The SMILES string of the molecule is CB(O)N1CCC(Oc2c(F)cc(Nc3ncccc3[N+](=O)[O-])cc2F)CC1. The number of rotatable bonds is 6. The highest BCUT2D eigenvalue weighted by molar-refractivity contribution is 6.45. The molecule has 2 N–H and O–H groups in total. The van der Waals surface area contributed by atoms with Crippen LogP contribution in [0.5, 0.6) is 5.75 Å². The third-order valence-electron chi connectivity index (χ3n) is 4.53. The molecule has 2 heterocycles. The Hall–Kier alpha value is -2.79. The summed E-state index contributed by atoms with van der Waals surface area (Å²) in [6.45, 7) is 2.79. The van der Waals surface area contributed by atoms with E-state index in [0.717, 1.165) is 12.1 Å². The topological polar surface area (TPSA) is 101 Å². The van der Waals surface area contributed by atoms with E-state index in [-0.39, 0.29) is 23.3 Å². The number of piperidine rings is 1. The second-order valence-corrected chi connectivity index (χ2v) is 6.51. The lowest BCUT2D eigenvalue weighted by molar-refractivity contribution is -0.384. The van der Waals surface area contributed by atoms with Gasteiger partial charge in [0.15, 0.2) is 17.4 Å². The zero-order valence-electron chi connectivity index (χ0n) is 15.1. The molecule has 1 fully saturated rings. The largest absolute Gasteiger partial charge is 0.484 e. The lowest BCUT2D eigenvalue weighted by atomic mass is 9.82. The monoisotopic (exact) mass is 392 g/mol. The number of nitrogens with zero attached hydrogens (tertiary/aromatic N) is 3. The smallest absolute Gasteiger partial charge is 0.376 e. The van der Waals surface area contributed by atoms with Gasteiger partial charge < -0.3 is 19.9 Å². The Morgan fingerprint density at radius 1 is 1.36 bits per heavy atom. The molecule has 0 atom stereocenters. The average Bonchev–Trinajstić information content (AvgIpc) is 2.65. The van der Waals surface area contributed by atoms with Gasteiger partial charge in [-0.15, -0.1) is 0 Å². The summed E-state index contributed by atoms with van der Waals surface area (Å²) in [6.07, 6.45) is 2.03. The number of hydrogen-bond acceptors (Lipinski definition) is 7. The number of ether oxygens (including phenoxy) is 1. The molecular weight excluding hydrogens is 373 g/mol. The number of hydrogen-bond donors (Lipinski definition) is 2. The molecule has 28 heavy (non-hydrogen) atoms. The fourth-order valence-electron chi connectivity index (χ4n) is 3.06. The number of aromatic nitrogens is 1. The van der Waals surface area contributed by atoms with Gasteiger partial charge in [-0.05, 0) is 38.8 Å². The van der Waals surface area contributed by atoms with Gasteiger partial charge in [0, 0.05) is 30.1 Å². The summed E-state index contributed by atoms with van der Waals surface area (Å²) < 4.78 is 34.3. The molecule has 1 aromatic carbocycles. The van der Waals surface area contributed by atoms with Crippen LogP contribution in [0.3, 0.4) is 0 Å². The zero-order chi connectivity index (χ0) is 20.3. The first-order chi connectivity index (χ1) is 13.3. The van der Waals surface area contributed by atoms with Crippen molar-refractivity contribution >= 4 is 24.2 Å². The van der Waals surface area contributed by atoms with Crippen molar-refractivity contribution in [3.8, 4) is 5.75 Å². The molecule has 0 radical (unpaired) electrons. The van der Waals surface area contributed by atoms with Crippen molar-refractivity contribution in [1.82, 2.24) is 9.79 Å². The fourth-order valence-corrected chi connectivity index (χ4v) is 3.06. The molecule has 148 valence electrons. The molecule has 1 aromatic heterocycles. The van der Waals surface area contributed by atoms with Gasteiger partial charge in [0.1, 0.15) is 6.10 Å². The fraction of sp³-hybridized carbons (Fsp3) is 0.353. The molecule has 2 aromatic rings. The molecule has 3 rings (SSSR count). The first kappa shape index (κ1) is 20.0. The molecule has 0 bridgehead atoms. The van der Waals surface area contributed by atoms with Gasteiger partial charge in [-0.3, -0.25) is 10.1 Å². The first-order valence-electron chi connectivity index (χ1n) is 8.79. The highest BCUT2D eigenvalue weighted by Crippen LogP contribution is 2.31. The summed E-state index contributed by atoms with van der Waals surface area (Å²) in [5.74, 6) is -2.44. The van der Waals surface area contributed by atoms with Gasteiger partial charge in [-0.2, -0.15) is 0 Å². The number of benzene rings is 1. The molecule has 0 aliphatic carbocycles. The Balaban J connectivity index is 1.73. The third kappa shape index (κ3) is 4.54. The second kappa shape index (κ2) is 8.49. The van der Waals surface area contributed by atoms with E-state index in [9.17, 15) is 23.9 Å². The van der Waals surface area contributed by atoms with Crippen molar-refractivity contribution in [2.75, 3.05) is 18.4 Å². The minimum absolute atomic E-state index is 0.0203. The van der Waals surface area contributed by atoms with E-state index in [1.165, 1.54) is 18.3 Å². The molecular formula is C17H19BF2N4O4. The normalized spacial score (nSPS) is 15.3. The minimum Gasteiger partial charge on any atom is -0.484 e. The predicted octanol–water partition coefficient (Wildman–Crippen LogP) is 2.97. The van der Waals surface area contributed by atoms with Crippen LogP contribution in [0.4, 0.5) is 26.0 Å². The van der Waals surface area contributed by atoms with Crippen LogP contribution in [0.2, 0.25) is 6.82 Å². The molecule has 0 saturated carbocycles. The quantitative estimate of drug-likeness (QED) is 0.443. The Labute approximate surface area is 160 Å². The van der Waals surface area contributed by atoms with Crippen LogP contribution < -0.4 is 10.1 Å². The molecule has 11 heteroatoms.